The van der Waals surface area contributed by atoms with E-state index in [0.29, 0.717) is 18.4 Å². The summed E-state index contributed by atoms with van der Waals surface area (Å²) < 4.78 is 44.7. The van der Waals surface area contributed by atoms with Gasteiger partial charge < -0.3 is 9.73 Å². The van der Waals surface area contributed by atoms with Crippen LogP contribution in [-0.4, -0.2) is 39.3 Å². The van der Waals surface area contributed by atoms with Crippen LogP contribution in [0.1, 0.15) is 36.6 Å². The number of alkyl halides is 3. The Hall–Kier alpha value is -2.85. The van der Waals surface area contributed by atoms with Gasteiger partial charge in [-0.3, -0.25) is 9.69 Å². The van der Waals surface area contributed by atoms with Gasteiger partial charge in [0.25, 0.3) is 5.56 Å². The fourth-order valence-electron chi connectivity index (χ4n) is 3.73. The predicted molar refractivity (Wildman–Crippen MR) is 113 cm³/mol. The highest BCUT2D eigenvalue weighted by molar-refractivity contribution is 6.32. The first-order chi connectivity index (χ1) is 15.3. The highest BCUT2D eigenvalue weighted by Crippen LogP contribution is 2.29. The molecule has 3 aromatic heterocycles. The van der Waals surface area contributed by atoms with Crippen molar-refractivity contribution in [2.24, 2.45) is 0 Å². The standard InChI is InChI=1S/C21H21ClF3N5O2/c22-19-15(26-13-16(17-5-4-10-32-17)29-8-2-1-3-9-29)12-28-30(20(19)31)18-7-6-14(11-27-18)21(23,24)25/h4-7,10-12,16,26H,1-3,8-9,13H2/t16-/m1/s1. The zero-order valence-corrected chi connectivity index (χ0v) is 17.7. The van der Waals surface area contributed by atoms with Gasteiger partial charge in [-0.05, 0) is 50.2 Å². The Morgan fingerprint density at radius 2 is 1.94 bits per heavy atom. The van der Waals surface area contributed by atoms with Crippen molar-refractivity contribution in [3.05, 3.63) is 69.6 Å². The molecule has 0 unspecified atom stereocenters. The van der Waals surface area contributed by atoms with E-state index in [4.69, 9.17) is 16.0 Å². The number of nitrogens with one attached hydrogen (secondary N) is 1. The van der Waals surface area contributed by atoms with E-state index in [1.54, 1.807) is 6.26 Å². The molecule has 0 amide bonds. The molecule has 0 aromatic carbocycles. The van der Waals surface area contributed by atoms with Gasteiger partial charge in [0.1, 0.15) is 10.8 Å². The molecule has 0 bridgehead atoms. The number of furan rings is 1. The van der Waals surface area contributed by atoms with Crippen molar-refractivity contribution in [2.45, 2.75) is 31.5 Å². The Labute approximate surface area is 186 Å². The summed E-state index contributed by atoms with van der Waals surface area (Å²) in [5.74, 6) is 0.754. The molecule has 3 aromatic rings. The van der Waals surface area contributed by atoms with Crippen molar-refractivity contribution in [3.63, 3.8) is 0 Å². The van der Waals surface area contributed by atoms with Crippen LogP contribution in [0.25, 0.3) is 5.82 Å². The Balaban J connectivity index is 1.53. The highest BCUT2D eigenvalue weighted by Gasteiger charge is 2.31. The third-order valence-electron chi connectivity index (χ3n) is 5.40. The lowest BCUT2D eigenvalue weighted by Crippen LogP contribution is -2.37. The van der Waals surface area contributed by atoms with Gasteiger partial charge in [0, 0.05) is 12.7 Å². The van der Waals surface area contributed by atoms with Gasteiger partial charge >= 0.3 is 6.18 Å². The Morgan fingerprint density at radius 1 is 1.16 bits per heavy atom. The number of pyridine rings is 1. The number of hydrogen-bond acceptors (Lipinski definition) is 6. The molecular weight excluding hydrogens is 447 g/mol. The van der Waals surface area contributed by atoms with Crippen molar-refractivity contribution in [1.29, 1.82) is 0 Å². The van der Waals surface area contributed by atoms with Crippen molar-refractivity contribution in [3.8, 4) is 5.82 Å². The molecule has 7 nitrogen and oxygen atoms in total. The third-order valence-corrected chi connectivity index (χ3v) is 5.77. The monoisotopic (exact) mass is 467 g/mol. The zero-order chi connectivity index (χ0) is 22.7. The number of aromatic nitrogens is 3. The third kappa shape index (κ3) is 4.81. The van der Waals surface area contributed by atoms with Crippen LogP contribution in [0.3, 0.4) is 0 Å². The van der Waals surface area contributed by atoms with Crippen LogP contribution < -0.4 is 10.9 Å². The quantitative estimate of drug-likeness (QED) is 0.574. The number of halogens is 4. The molecule has 1 atom stereocenters. The molecule has 4 heterocycles. The first-order valence-corrected chi connectivity index (χ1v) is 10.5. The van der Waals surface area contributed by atoms with Crippen LogP contribution in [0.15, 0.2) is 52.1 Å². The Morgan fingerprint density at radius 3 is 2.56 bits per heavy atom. The van der Waals surface area contributed by atoms with E-state index in [1.807, 2.05) is 12.1 Å². The van der Waals surface area contributed by atoms with Crippen LogP contribution in [0.4, 0.5) is 18.9 Å². The summed E-state index contributed by atoms with van der Waals surface area (Å²) >= 11 is 6.27. The lowest BCUT2D eigenvalue weighted by atomic mass is 10.1. The van der Waals surface area contributed by atoms with Gasteiger partial charge in [0.05, 0.1) is 29.8 Å². The summed E-state index contributed by atoms with van der Waals surface area (Å²) in [5.41, 5.74) is -1.27. The molecule has 1 saturated heterocycles. The average molecular weight is 468 g/mol. The van der Waals surface area contributed by atoms with Crippen LogP contribution in [0.2, 0.25) is 5.02 Å². The minimum absolute atomic E-state index is 0.0413. The molecule has 170 valence electrons. The molecule has 4 rings (SSSR count). The molecule has 1 aliphatic heterocycles. The van der Waals surface area contributed by atoms with E-state index in [1.165, 1.54) is 12.6 Å². The normalized spacial score (nSPS) is 16.1. The molecule has 0 saturated carbocycles. The maximum Gasteiger partial charge on any atom is 0.417 e. The summed E-state index contributed by atoms with van der Waals surface area (Å²) in [4.78, 5) is 18.7. The van der Waals surface area contributed by atoms with Crippen LogP contribution in [-0.2, 0) is 6.18 Å². The minimum Gasteiger partial charge on any atom is -0.468 e. The summed E-state index contributed by atoms with van der Waals surface area (Å²) in [5, 5.41) is 7.07. The average Bonchev–Trinajstić information content (AvgIpc) is 3.32. The molecule has 0 spiro atoms. The van der Waals surface area contributed by atoms with E-state index in [-0.39, 0.29) is 16.9 Å². The van der Waals surface area contributed by atoms with E-state index in [9.17, 15) is 18.0 Å². The van der Waals surface area contributed by atoms with E-state index in [2.05, 4.69) is 20.3 Å². The first-order valence-electron chi connectivity index (χ1n) is 10.2. The molecule has 1 fully saturated rings. The van der Waals surface area contributed by atoms with E-state index < -0.39 is 17.3 Å². The Bertz CT molecular complexity index is 1090. The molecule has 1 aliphatic rings. The van der Waals surface area contributed by atoms with Gasteiger partial charge in [-0.1, -0.05) is 18.0 Å². The molecule has 32 heavy (non-hydrogen) atoms. The summed E-state index contributed by atoms with van der Waals surface area (Å²) in [6, 6.07) is 5.61. The van der Waals surface area contributed by atoms with Gasteiger partial charge in [-0.2, -0.15) is 23.0 Å². The number of hydrogen-bond donors (Lipinski definition) is 1. The maximum absolute atomic E-state index is 12.7. The number of piperidine rings is 1. The molecule has 0 aliphatic carbocycles. The minimum atomic E-state index is -4.52. The van der Waals surface area contributed by atoms with Crippen LogP contribution in [0, 0.1) is 0 Å². The maximum atomic E-state index is 12.7. The lowest BCUT2D eigenvalue weighted by Gasteiger charge is -2.33. The summed E-state index contributed by atoms with van der Waals surface area (Å²) in [6.45, 7) is 2.33. The van der Waals surface area contributed by atoms with Gasteiger partial charge in [0.15, 0.2) is 5.82 Å². The number of nitrogens with zero attached hydrogens (tertiary/aromatic N) is 4. The van der Waals surface area contributed by atoms with Gasteiger partial charge in [-0.15, -0.1) is 0 Å². The van der Waals surface area contributed by atoms with Gasteiger partial charge in [-0.25, -0.2) is 4.98 Å². The van der Waals surface area contributed by atoms with Crippen LogP contribution in [0.5, 0.6) is 0 Å². The SMILES string of the molecule is O=c1c(Cl)c(NC[C@H](c2ccco2)N2CCCCC2)cnn1-c1ccc(C(F)(F)F)cn1. The second kappa shape index (κ2) is 9.33. The fourth-order valence-corrected chi connectivity index (χ4v) is 3.92. The van der Waals surface area contributed by atoms with Gasteiger partial charge in [0.2, 0.25) is 0 Å². The lowest BCUT2D eigenvalue weighted by molar-refractivity contribution is -0.137. The van der Waals surface area contributed by atoms with Crippen molar-refractivity contribution in [1.82, 2.24) is 19.7 Å². The molecular formula is C21H21ClF3N5O2. The Kier molecular flexibility index (Phi) is 6.52. The smallest absolute Gasteiger partial charge is 0.417 e. The van der Waals surface area contributed by atoms with Crippen molar-refractivity contribution in [2.75, 3.05) is 25.0 Å². The highest BCUT2D eigenvalue weighted by atomic mass is 35.5. The second-order valence-electron chi connectivity index (χ2n) is 7.50. The number of likely N-dealkylation sites (tertiary alicyclic amines) is 1. The van der Waals surface area contributed by atoms with E-state index >= 15 is 0 Å². The topological polar surface area (TPSA) is 76.2 Å². The summed E-state index contributed by atoms with van der Waals surface area (Å²) in [6.07, 6.45) is 2.52. The fraction of sp³-hybridized carbons (Fsp3) is 0.381. The zero-order valence-electron chi connectivity index (χ0n) is 17.0. The van der Waals surface area contributed by atoms with Crippen LogP contribution >= 0.6 is 11.6 Å². The largest absolute Gasteiger partial charge is 0.468 e. The summed E-state index contributed by atoms with van der Waals surface area (Å²) in [7, 11) is 0. The van der Waals surface area contributed by atoms with Crippen molar-refractivity contribution < 1.29 is 17.6 Å². The number of rotatable bonds is 6. The molecule has 11 heteroatoms. The molecule has 0 radical (unpaired) electrons. The predicted octanol–water partition coefficient (Wildman–Crippen LogP) is 4.53. The van der Waals surface area contributed by atoms with E-state index in [0.717, 1.165) is 48.5 Å². The number of anilines is 1. The first kappa shape index (κ1) is 22.3. The molecule has 1 N–H and O–H groups in total. The second-order valence-corrected chi connectivity index (χ2v) is 7.88. The van der Waals surface area contributed by atoms with Crippen molar-refractivity contribution >= 4 is 17.3 Å².